The minimum atomic E-state index is -4.66. The molecule has 92 heavy (non-hydrogen) atoms. The zero-order chi connectivity index (χ0) is 66.9. The molecule has 0 fully saturated rings. The standard InChI is InChI=1S/C82H136NO8P/c1-6-8-10-12-14-16-18-20-22-24-26-28-30-32-34-36-38-40-41-43-44-46-48-50-52-54-56-58-60-62-64-66-68-70-72-74-81(84)88-78-80(79-90-92(86,87)89-77-76-83(3,4)5)91-82(85)75-73-71-69-67-65-63-61-59-57-55-53-51-49-47-45-42-39-37-35-33-31-29-27-25-23-21-19-17-15-13-11-9-7-2/h8-11,14-17,20-23,26-29,32-35,38-40,42,47,49,53,55,80H,6-7,12-13,18-19,24-25,30-31,36-37,41,43-46,48,50-52,54,56-79H2,1-5H3/b10-8-,11-9-,16-14-,17-15-,22-20-,23-21-,28-26-,29-27-,34-32-,35-33-,40-38-,42-39-,49-47-,55-53-. The largest absolute Gasteiger partial charge is 0.756 e. The molecule has 0 spiro atoms. The summed E-state index contributed by atoms with van der Waals surface area (Å²) in [5, 5.41) is 0. The molecule has 0 aliphatic carbocycles. The number of quaternary nitrogens is 1. The Bertz CT molecular complexity index is 2160. The third-order valence-electron chi connectivity index (χ3n) is 15.2. The van der Waals surface area contributed by atoms with Crippen LogP contribution in [0.15, 0.2) is 170 Å². The van der Waals surface area contributed by atoms with Crippen molar-refractivity contribution in [2.24, 2.45) is 0 Å². The van der Waals surface area contributed by atoms with Gasteiger partial charge in [-0.05, 0) is 128 Å². The van der Waals surface area contributed by atoms with Crippen molar-refractivity contribution in [1.29, 1.82) is 0 Å². The quantitative estimate of drug-likeness (QED) is 0.0195. The predicted molar refractivity (Wildman–Crippen MR) is 396 cm³/mol. The molecule has 9 nitrogen and oxygen atoms in total. The smallest absolute Gasteiger partial charge is 0.306 e. The van der Waals surface area contributed by atoms with Crippen LogP contribution in [0.4, 0.5) is 0 Å². The average molecular weight is 1290 g/mol. The van der Waals surface area contributed by atoms with Crippen molar-refractivity contribution in [3.8, 4) is 0 Å². The molecule has 0 radical (unpaired) electrons. The highest BCUT2D eigenvalue weighted by molar-refractivity contribution is 7.45. The van der Waals surface area contributed by atoms with Crippen LogP contribution in [0.3, 0.4) is 0 Å². The Hall–Kier alpha value is -4.63. The van der Waals surface area contributed by atoms with Crippen molar-refractivity contribution >= 4 is 19.8 Å². The summed E-state index contributed by atoms with van der Waals surface area (Å²) < 4.78 is 34.3. The summed E-state index contributed by atoms with van der Waals surface area (Å²) in [6.45, 7) is 4.00. The maximum Gasteiger partial charge on any atom is 0.306 e. The Morgan fingerprint density at radius 3 is 0.870 bits per heavy atom. The maximum absolute atomic E-state index is 12.9. The highest BCUT2D eigenvalue weighted by Gasteiger charge is 2.22. The summed E-state index contributed by atoms with van der Waals surface area (Å²) >= 11 is 0. The fourth-order valence-electron chi connectivity index (χ4n) is 9.68. The molecule has 0 bridgehead atoms. The number of hydrogen-bond acceptors (Lipinski definition) is 8. The van der Waals surface area contributed by atoms with E-state index in [1.165, 1.54) is 116 Å². The van der Waals surface area contributed by atoms with Crippen LogP contribution >= 0.6 is 7.82 Å². The van der Waals surface area contributed by atoms with Gasteiger partial charge in [0, 0.05) is 12.8 Å². The predicted octanol–water partition coefficient (Wildman–Crippen LogP) is 23.9. The van der Waals surface area contributed by atoms with Crippen LogP contribution in [-0.4, -0.2) is 70.0 Å². The van der Waals surface area contributed by atoms with Crippen molar-refractivity contribution in [2.75, 3.05) is 47.5 Å². The molecule has 0 aromatic carbocycles. The first kappa shape index (κ1) is 87.4. The highest BCUT2D eigenvalue weighted by atomic mass is 31.2. The fourth-order valence-corrected chi connectivity index (χ4v) is 10.4. The van der Waals surface area contributed by atoms with Crippen molar-refractivity contribution in [3.05, 3.63) is 170 Å². The number of phosphoric ester groups is 1. The number of ether oxygens (including phenoxy) is 2. The Morgan fingerprint density at radius 1 is 0.337 bits per heavy atom. The van der Waals surface area contributed by atoms with E-state index in [4.69, 9.17) is 18.5 Å². The zero-order valence-corrected chi connectivity index (χ0v) is 60.3. The number of carbonyl (C=O) groups excluding carboxylic acids is 2. The van der Waals surface area contributed by atoms with Gasteiger partial charge in [-0.3, -0.25) is 14.2 Å². The summed E-state index contributed by atoms with van der Waals surface area (Å²) in [5.41, 5.74) is 0. The number of hydrogen-bond donors (Lipinski definition) is 0. The van der Waals surface area contributed by atoms with E-state index in [9.17, 15) is 19.0 Å². The molecule has 0 aliphatic heterocycles. The van der Waals surface area contributed by atoms with Crippen LogP contribution in [0, 0.1) is 0 Å². The molecule has 0 rings (SSSR count). The molecule has 0 saturated carbocycles. The fraction of sp³-hybridized carbons (Fsp3) is 0.634. The van der Waals surface area contributed by atoms with Crippen molar-refractivity contribution in [3.63, 3.8) is 0 Å². The second-order valence-electron chi connectivity index (χ2n) is 25.2. The summed E-state index contributed by atoms with van der Waals surface area (Å²) in [4.78, 5) is 38.1. The SMILES string of the molecule is CC/C=C\C/C=C\C/C=C\C/C=C\C/C=C\C/C=C\C/C=C\C/C=C\CCCCCCCCCCC(=O)OC(COC(=O)CCCCCCCCCCCCCCCCCC/C=C\C/C=C\C/C=C\C/C=C\C/C=C\C/C=C\CC)COP(=O)([O-])OCC[N+](C)(C)C. The molecule has 0 aliphatic rings. The molecule has 0 heterocycles. The van der Waals surface area contributed by atoms with E-state index in [1.54, 1.807) is 0 Å². The van der Waals surface area contributed by atoms with Gasteiger partial charge in [0.2, 0.25) is 0 Å². The van der Waals surface area contributed by atoms with Gasteiger partial charge in [0.05, 0.1) is 27.7 Å². The van der Waals surface area contributed by atoms with Crippen molar-refractivity contribution in [2.45, 2.75) is 290 Å². The number of nitrogens with zero attached hydrogens (tertiary/aromatic N) is 1. The number of allylic oxidation sites excluding steroid dienone is 28. The molecule has 2 unspecified atom stereocenters. The van der Waals surface area contributed by atoms with Gasteiger partial charge in [0.15, 0.2) is 6.10 Å². The number of rotatable bonds is 66. The molecule has 522 valence electrons. The number of phosphoric acid groups is 1. The third-order valence-corrected chi connectivity index (χ3v) is 16.2. The highest BCUT2D eigenvalue weighted by Crippen LogP contribution is 2.38. The number of carbonyl (C=O) groups is 2. The minimum Gasteiger partial charge on any atom is -0.756 e. The molecule has 2 atom stereocenters. The molecular formula is C82H136NO8P. The molecule has 0 aromatic heterocycles. The second kappa shape index (κ2) is 70.7. The van der Waals surface area contributed by atoms with E-state index >= 15 is 0 Å². The average Bonchev–Trinajstić information content (AvgIpc) is 2.23. The lowest BCUT2D eigenvalue weighted by Crippen LogP contribution is -2.37. The lowest BCUT2D eigenvalue weighted by Gasteiger charge is -2.28. The Morgan fingerprint density at radius 2 is 0.587 bits per heavy atom. The van der Waals surface area contributed by atoms with Gasteiger partial charge in [-0.25, -0.2) is 0 Å². The van der Waals surface area contributed by atoms with Gasteiger partial charge < -0.3 is 27.9 Å². The van der Waals surface area contributed by atoms with Crippen LogP contribution < -0.4 is 4.89 Å². The number of unbranched alkanes of at least 4 members (excludes halogenated alkanes) is 24. The van der Waals surface area contributed by atoms with E-state index < -0.39 is 26.5 Å². The summed E-state index contributed by atoms with van der Waals surface area (Å²) in [7, 11) is 1.15. The molecule has 0 N–H and O–H groups in total. The van der Waals surface area contributed by atoms with E-state index in [0.29, 0.717) is 17.4 Å². The lowest BCUT2D eigenvalue weighted by atomic mass is 10.0. The van der Waals surface area contributed by atoms with Gasteiger partial charge in [0.25, 0.3) is 7.82 Å². The summed E-state index contributed by atoms with van der Waals surface area (Å²) in [5.74, 6) is -0.847. The normalized spacial score (nSPS) is 14.1. The summed E-state index contributed by atoms with van der Waals surface area (Å²) in [6.07, 6.45) is 107. The van der Waals surface area contributed by atoms with Crippen LogP contribution in [0.5, 0.6) is 0 Å². The maximum atomic E-state index is 12.9. The van der Waals surface area contributed by atoms with Crippen LogP contribution in [0.2, 0.25) is 0 Å². The van der Waals surface area contributed by atoms with Gasteiger partial charge in [-0.15, -0.1) is 0 Å². The Labute approximate surface area is 566 Å². The molecule has 0 amide bonds. The van der Waals surface area contributed by atoms with Crippen LogP contribution in [0.1, 0.15) is 284 Å². The topological polar surface area (TPSA) is 111 Å². The number of likely N-dealkylation sites (N-methyl/N-ethyl adjacent to an activating group) is 1. The van der Waals surface area contributed by atoms with E-state index in [-0.39, 0.29) is 32.0 Å². The van der Waals surface area contributed by atoms with E-state index in [2.05, 4.69) is 184 Å². The third kappa shape index (κ3) is 74.4. The van der Waals surface area contributed by atoms with Crippen LogP contribution in [0.25, 0.3) is 0 Å². The monoisotopic (exact) mass is 1290 g/mol. The number of esters is 2. The van der Waals surface area contributed by atoms with Gasteiger partial charge in [0.1, 0.15) is 19.8 Å². The Balaban J connectivity index is 4.09. The van der Waals surface area contributed by atoms with Crippen molar-refractivity contribution in [1.82, 2.24) is 0 Å². The first-order valence-corrected chi connectivity index (χ1v) is 38.3. The molecule has 10 heteroatoms. The summed E-state index contributed by atoms with van der Waals surface area (Å²) in [6, 6.07) is 0. The second-order valence-corrected chi connectivity index (χ2v) is 26.6. The first-order chi connectivity index (χ1) is 45.0. The molecule has 0 saturated heterocycles. The molecule has 0 aromatic rings. The van der Waals surface area contributed by atoms with E-state index in [1.807, 2.05) is 21.1 Å². The minimum absolute atomic E-state index is 0.0401. The lowest BCUT2D eigenvalue weighted by molar-refractivity contribution is -0.870. The van der Waals surface area contributed by atoms with Gasteiger partial charge >= 0.3 is 11.9 Å². The first-order valence-electron chi connectivity index (χ1n) is 36.8. The van der Waals surface area contributed by atoms with E-state index in [0.717, 1.165) is 135 Å². The van der Waals surface area contributed by atoms with Crippen molar-refractivity contribution < 1.29 is 42.1 Å². The van der Waals surface area contributed by atoms with Gasteiger partial charge in [-0.2, -0.15) is 0 Å². The molecular weight excluding hydrogens is 1160 g/mol. The van der Waals surface area contributed by atoms with Crippen LogP contribution in [-0.2, 0) is 32.7 Å². The van der Waals surface area contributed by atoms with Gasteiger partial charge in [-0.1, -0.05) is 312 Å². The zero-order valence-electron chi connectivity index (χ0n) is 59.4. The Kier molecular flexibility index (Phi) is 67.1.